The number of pyridine rings is 1. The van der Waals surface area contributed by atoms with Gasteiger partial charge in [-0.3, -0.25) is 4.79 Å². The molecule has 1 unspecified atom stereocenters. The van der Waals surface area contributed by atoms with Crippen LogP contribution in [0.2, 0.25) is 0 Å². The first-order chi connectivity index (χ1) is 16.7. The molecule has 1 saturated carbocycles. The number of amides is 1. The number of carbonyl (C=O) groups excluding carboxylic acids is 1. The number of aromatic nitrogens is 2. The molecule has 2 fully saturated rings. The van der Waals surface area contributed by atoms with Crippen LogP contribution >= 0.6 is 11.3 Å². The van der Waals surface area contributed by atoms with E-state index in [1.54, 1.807) is 17.0 Å². The van der Waals surface area contributed by atoms with Crippen molar-refractivity contribution in [3.63, 3.8) is 0 Å². The average Bonchev–Trinajstić information content (AvgIpc) is 3.52. The Balaban J connectivity index is 1.38. The standard InChI is InChI=1S/C25H23F4N3O2S/c1-14-31-22(23(35-14)15-5-8-18(26)9-6-15)24(33)32-12-16-3-2-4-19(16)20(32)13-34-21-10-7-17(11-30-21)25(27,28)29/h5-11,16,19-20H,2-4,12-13H2,1H3/t16-,19-,20?/m1/s1. The SMILES string of the molecule is Cc1nc(C(=O)N2C[C@H]3CCC[C@H]3C2COc2ccc(C(F)(F)F)cn2)c(-c2ccc(F)cc2)s1. The maximum absolute atomic E-state index is 13.7. The number of thiazole rings is 1. The van der Waals surface area contributed by atoms with Crippen LogP contribution < -0.4 is 4.74 Å². The van der Waals surface area contributed by atoms with E-state index in [1.165, 1.54) is 29.5 Å². The molecule has 1 amide bonds. The second kappa shape index (κ2) is 9.22. The van der Waals surface area contributed by atoms with Crippen LogP contribution in [0.25, 0.3) is 10.4 Å². The third-order valence-corrected chi connectivity index (χ3v) is 7.83. The van der Waals surface area contributed by atoms with Crippen LogP contribution in [0.1, 0.15) is 40.3 Å². The zero-order chi connectivity index (χ0) is 24.7. The molecule has 35 heavy (non-hydrogen) atoms. The summed E-state index contributed by atoms with van der Waals surface area (Å²) in [6, 6.07) is 7.88. The Kier molecular flexibility index (Phi) is 6.25. The summed E-state index contributed by atoms with van der Waals surface area (Å²) >= 11 is 1.38. The Morgan fingerprint density at radius 3 is 2.63 bits per heavy atom. The number of benzene rings is 1. The van der Waals surface area contributed by atoms with Crippen LogP contribution in [0.5, 0.6) is 5.88 Å². The van der Waals surface area contributed by atoms with Gasteiger partial charge >= 0.3 is 6.18 Å². The van der Waals surface area contributed by atoms with Gasteiger partial charge in [-0.1, -0.05) is 18.6 Å². The summed E-state index contributed by atoms with van der Waals surface area (Å²) in [7, 11) is 0. The molecule has 184 valence electrons. The number of rotatable bonds is 5. The monoisotopic (exact) mass is 505 g/mol. The molecule has 1 aliphatic heterocycles. The molecule has 2 aliphatic rings. The largest absolute Gasteiger partial charge is 0.475 e. The van der Waals surface area contributed by atoms with Crippen LogP contribution in [0.15, 0.2) is 42.6 Å². The van der Waals surface area contributed by atoms with Crippen LogP contribution in [0, 0.1) is 24.6 Å². The number of likely N-dealkylation sites (tertiary alicyclic amines) is 1. The first kappa shape index (κ1) is 23.7. The molecule has 3 atom stereocenters. The second-order valence-corrected chi connectivity index (χ2v) is 10.2. The highest BCUT2D eigenvalue weighted by atomic mass is 32.1. The zero-order valence-corrected chi connectivity index (χ0v) is 19.7. The predicted molar refractivity (Wildman–Crippen MR) is 123 cm³/mol. The minimum atomic E-state index is -4.47. The third kappa shape index (κ3) is 4.76. The minimum Gasteiger partial charge on any atom is -0.475 e. The summed E-state index contributed by atoms with van der Waals surface area (Å²) in [4.78, 5) is 24.5. The average molecular weight is 506 g/mol. The van der Waals surface area contributed by atoms with Gasteiger partial charge in [0, 0.05) is 18.8 Å². The van der Waals surface area contributed by atoms with Gasteiger partial charge in [0.2, 0.25) is 5.88 Å². The van der Waals surface area contributed by atoms with Crippen LogP contribution in [0.3, 0.4) is 0 Å². The highest BCUT2D eigenvalue weighted by Gasteiger charge is 2.47. The van der Waals surface area contributed by atoms with Crippen molar-refractivity contribution < 1.29 is 27.1 Å². The van der Waals surface area contributed by atoms with E-state index in [1.807, 2.05) is 6.92 Å². The number of hydrogen-bond acceptors (Lipinski definition) is 5. The highest BCUT2D eigenvalue weighted by Crippen LogP contribution is 2.43. The summed E-state index contributed by atoms with van der Waals surface area (Å²) in [5, 5.41) is 0.730. The van der Waals surface area contributed by atoms with Gasteiger partial charge in [0.25, 0.3) is 5.91 Å². The van der Waals surface area contributed by atoms with E-state index in [-0.39, 0.29) is 36.2 Å². The van der Waals surface area contributed by atoms with E-state index >= 15 is 0 Å². The predicted octanol–water partition coefficient (Wildman–Crippen LogP) is 5.99. The maximum Gasteiger partial charge on any atom is 0.417 e. The van der Waals surface area contributed by atoms with Gasteiger partial charge in [-0.2, -0.15) is 13.2 Å². The molecule has 1 saturated heterocycles. The Morgan fingerprint density at radius 1 is 1.17 bits per heavy atom. The van der Waals surface area contributed by atoms with Gasteiger partial charge in [-0.25, -0.2) is 14.4 Å². The van der Waals surface area contributed by atoms with E-state index in [0.29, 0.717) is 23.0 Å². The summed E-state index contributed by atoms with van der Waals surface area (Å²) in [5.41, 5.74) is 0.212. The molecular formula is C25H23F4N3O2S. The molecule has 5 rings (SSSR count). The van der Waals surface area contributed by atoms with Gasteiger partial charge in [0.05, 0.1) is 21.5 Å². The van der Waals surface area contributed by atoms with Gasteiger partial charge in [0.1, 0.15) is 18.1 Å². The Labute approximate surface area is 203 Å². The molecular weight excluding hydrogens is 482 g/mol. The number of carbonyl (C=O) groups is 1. The number of nitrogens with zero attached hydrogens (tertiary/aromatic N) is 3. The summed E-state index contributed by atoms with van der Waals surface area (Å²) in [6.07, 6.45) is -0.666. The zero-order valence-electron chi connectivity index (χ0n) is 18.9. The molecule has 3 heterocycles. The Hall–Kier alpha value is -3.01. The quantitative estimate of drug-likeness (QED) is 0.400. The first-order valence-corrected chi connectivity index (χ1v) is 12.2. The molecule has 3 aromatic rings. The summed E-state index contributed by atoms with van der Waals surface area (Å²) < 4.78 is 57.7. The number of halogens is 4. The number of hydrogen-bond donors (Lipinski definition) is 0. The normalized spacial score (nSPS) is 21.9. The van der Waals surface area contributed by atoms with Gasteiger partial charge in [0.15, 0.2) is 0 Å². The third-order valence-electron chi connectivity index (χ3n) is 6.81. The molecule has 0 N–H and O–H groups in total. The summed E-state index contributed by atoms with van der Waals surface area (Å²) in [6.45, 7) is 2.54. The first-order valence-electron chi connectivity index (χ1n) is 11.4. The van der Waals surface area contributed by atoms with E-state index in [9.17, 15) is 22.4 Å². The van der Waals surface area contributed by atoms with E-state index < -0.39 is 11.7 Å². The summed E-state index contributed by atoms with van der Waals surface area (Å²) in [5.74, 6) is 0.120. The molecule has 0 spiro atoms. The molecule has 0 radical (unpaired) electrons. The van der Waals surface area contributed by atoms with E-state index in [0.717, 1.165) is 42.1 Å². The fraction of sp³-hybridized carbons (Fsp3) is 0.400. The second-order valence-electron chi connectivity index (χ2n) is 8.99. The van der Waals surface area contributed by atoms with E-state index in [4.69, 9.17) is 4.74 Å². The van der Waals surface area contributed by atoms with Crippen molar-refractivity contribution in [1.29, 1.82) is 0 Å². The molecule has 1 aromatic carbocycles. The number of fused-ring (bicyclic) bond motifs is 1. The van der Waals surface area contributed by atoms with Crippen molar-refractivity contribution in [3.05, 3.63) is 64.7 Å². The Bertz CT molecular complexity index is 1210. The lowest BCUT2D eigenvalue weighted by atomic mass is 9.94. The van der Waals surface area contributed by atoms with Crippen molar-refractivity contribution in [2.24, 2.45) is 11.8 Å². The highest BCUT2D eigenvalue weighted by molar-refractivity contribution is 7.15. The molecule has 5 nitrogen and oxygen atoms in total. The molecule has 1 aliphatic carbocycles. The Morgan fingerprint density at radius 2 is 1.94 bits per heavy atom. The van der Waals surface area contributed by atoms with Crippen molar-refractivity contribution in [3.8, 4) is 16.3 Å². The molecule has 0 bridgehead atoms. The fourth-order valence-corrected chi connectivity index (χ4v) is 6.09. The van der Waals surface area contributed by atoms with Crippen molar-refractivity contribution in [2.75, 3.05) is 13.2 Å². The van der Waals surface area contributed by atoms with Crippen LogP contribution in [0.4, 0.5) is 17.6 Å². The van der Waals surface area contributed by atoms with Gasteiger partial charge in [-0.15, -0.1) is 11.3 Å². The van der Waals surface area contributed by atoms with Crippen molar-refractivity contribution in [2.45, 2.75) is 38.4 Å². The number of ether oxygens (including phenoxy) is 1. The van der Waals surface area contributed by atoms with Crippen LogP contribution in [-0.4, -0.2) is 40.0 Å². The van der Waals surface area contributed by atoms with Crippen LogP contribution in [-0.2, 0) is 6.18 Å². The number of alkyl halides is 3. The maximum atomic E-state index is 13.7. The topological polar surface area (TPSA) is 55.3 Å². The van der Waals surface area contributed by atoms with Crippen molar-refractivity contribution >= 4 is 17.2 Å². The smallest absolute Gasteiger partial charge is 0.417 e. The molecule has 10 heteroatoms. The minimum absolute atomic E-state index is 0.0864. The number of aryl methyl sites for hydroxylation is 1. The fourth-order valence-electron chi connectivity index (χ4n) is 5.17. The molecule has 2 aromatic heterocycles. The van der Waals surface area contributed by atoms with Crippen molar-refractivity contribution in [1.82, 2.24) is 14.9 Å². The van der Waals surface area contributed by atoms with Gasteiger partial charge < -0.3 is 9.64 Å². The van der Waals surface area contributed by atoms with Gasteiger partial charge in [-0.05, 0) is 55.4 Å². The lowest BCUT2D eigenvalue weighted by Gasteiger charge is -2.27. The lowest BCUT2D eigenvalue weighted by Crippen LogP contribution is -2.42. The van der Waals surface area contributed by atoms with E-state index in [2.05, 4.69) is 9.97 Å². The lowest BCUT2D eigenvalue weighted by molar-refractivity contribution is -0.137.